The Labute approximate surface area is 152 Å². The van der Waals surface area contributed by atoms with Crippen LogP contribution in [-0.2, 0) is 11.3 Å². The Hall–Kier alpha value is -2.69. The fraction of sp³-hybridized carbons (Fsp3) is 0.333. The van der Waals surface area contributed by atoms with E-state index in [-0.39, 0.29) is 30.1 Å². The average molecular weight is 352 g/mol. The highest BCUT2D eigenvalue weighted by Crippen LogP contribution is 2.34. The van der Waals surface area contributed by atoms with Gasteiger partial charge in [-0.25, -0.2) is 4.39 Å². The quantitative estimate of drug-likeness (QED) is 0.844. The molecule has 0 aromatic heterocycles. The van der Waals surface area contributed by atoms with Gasteiger partial charge in [0.25, 0.3) is 5.91 Å². The Bertz CT molecular complexity index is 828. The Kier molecular flexibility index (Phi) is 4.45. The van der Waals surface area contributed by atoms with Crippen LogP contribution in [-0.4, -0.2) is 34.7 Å². The lowest BCUT2D eigenvalue weighted by Crippen LogP contribution is -2.35. The third-order valence-electron chi connectivity index (χ3n) is 5.31. The van der Waals surface area contributed by atoms with Gasteiger partial charge in [-0.1, -0.05) is 30.3 Å². The van der Waals surface area contributed by atoms with E-state index in [0.717, 1.165) is 37.1 Å². The Morgan fingerprint density at radius 2 is 1.73 bits per heavy atom. The molecule has 0 aliphatic carbocycles. The lowest BCUT2D eigenvalue weighted by atomic mass is 10.0. The fourth-order valence-electron chi connectivity index (χ4n) is 3.88. The van der Waals surface area contributed by atoms with Crippen molar-refractivity contribution in [2.75, 3.05) is 13.1 Å². The van der Waals surface area contributed by atoms with Gasteiger partial charge in [0.05, 0.1) is 12.5 Å². The summed E-state index contributed by atoms with van der Waals surface area (Å²) in [6.45, 7) is 2.04. The predicted octanol–water partition coefficient (Wildman–Crippen LogP) is 3.54. The van der Waals surface area contributed by atoms with E-state index in [1.165, 1.54) is 12.1 Å². The van der Waals surface area contributed by atoms with Crippen molar-refractivity contribution in [3.63, 3.8) is 0 Å². The van der Waals surface area contributed by atoms with Gasteiger partial charge < -0.3 is 9.80 Å². The molecule has 2 aromatic rings. The van der Waals surface area contributed by atoms with Crippen molar-refractivity contribution in [2.24, 2.45) is 0 Å². The Balaban J connectivity index is 1.63. The molecule has 0 radical (unpaired) electrons. The van der Waals surface area contributed by atoms with Crippen molar-refractivity contribution in [3.8, 4) is 0 Å². The highest BCUT2D eigenvalue weighted by atomic mass is 19.1. The second-order valence-corrected chi connectivity index (χ2v) is 6.95. The van der Waals surface area contributed by atoms with Crippen molar-refractivity contribution in [1.82, 2.24) is 9.80 Å². The number of benzene rings is 2. The highest BCUT2D eigenvalue weighted by molar-refractivity contribution is 5.98. The van der Waals surface area contributed by atoms with Crippen LogP contribution in [0.1, 0.15) is 46.8 Å². The number of hydrogen-bond donors (Lipinski definition) is 0. The van der Waals surface area contributed by atoms with Gasteiger partial charge >= 0.3 is 0 Å². The van der Waals surface area contributed by atoms with Crippen LogP contribution in [0.4, 0.5) is 4.39 Å². The molecule has 1 unspecified atom stereocenters. The molecule has 0 bridgehead atoms. The predicted molar refractivity (Wildman–Crippen MR) is 95.9 cm³/mol. The number of rotatable bonds is 4. The zero-order valence-corrected chi connectivity index (χ0v) is 14.5. The van der Waals surface area contributed by atoms with Crippen LogP contribution in [0.5, 0.6) is 0 Å². The summed E-state index contributed by atoms with van der Waals surface area (Å²) in [4.78, 5) is 29.3. The summed E-state index contributed by atoms with van der Waals surface area (Å²) in [5.41, 5.74) is 2.45. The molecular formula is C21H21FN2O2. The molecule has 1 atom stereocenters. The smallest absolute Gasteiger partial charge is 0.255 e. The largest absolute Gasteiger partial charge is 0.343 e. The zero-order chi connectivity index (χ0) is 18.1. The standard InChI is InChI=1S/C21H21FN2O2/c22-17-9-7-15(8-10-17)19(13-20(25)23-11-3-4-12-23)24-14-16-5-1-2-6-18(16)21(24)26/h1-2,5-10,19H,3-4,11-14H2. The molecule has 0 saturated carbocycles. The van der Waals surface area contributed by atoms with Gasteiger partial charge in [0, 0.05) is 25.2 Å². The molecule has 1 fully saturated rings. The highest BCUT2D eigenvalue weighted by Gasteiger charge is 2.35. The van der Waals surface area contributed by atoms with Crippen molar-refractivity contribution >= 4 is 11.8 Å². The van der Waals surface area contributed by atoms with E-state index in [1.807, 2.05) is 29.2 Å². The number of amides is 2. The summed E-state index contributed by atoms with van der Waals surface area (Å²) in [6.07, 6.45) is 2.29. The first-order valence-electron chi connectivity index (χ1n) is 9.05. The van der Waals surface area contributed by atoms with Gasteiger partial charge in [-0.2, -0.15) is 0 Å². The van der Waals surface area contributed by atoms with E-state index in [1.54, 1.807) is 17.0 Å². The van der Waals surface area contributed by atoms with Crippen LogP contribution in [0.3, 0.4) is 0 Å². The maximum atomic E-state index is 13.4. The van der Waals surface area contributed by atoms with E-state index in [9.17, 15) is 14.0 Å². The van der Waals surface area contributed by atoms with E-state index in [0.29, 0.717) is 12.1 Å². The lowest BCUT2D eigenvalue weighted by molar-refractivity contribution is -0.131. The van der Waals surface area contributed by atoms with E-state index in [2.05, 4.69) is 0 Å². The van der Waals surface area contributed by atoms with Gasteiger partial charge in [-0.15, -0.1) is 0 Å². The summed E-state index contributed by atoms with van der Waals surface area (Å²) in [5, 5.41) is 0. The normalized spacial score (nSPS) is 17.5. The molecule has 4 rings (SSSR count). The first-order valence-corrected chi connectivity index (χ1v) is 9.05. The molecule has 2 amide bonds. The van der Waals surface area contributed by atoms with Crippen molar-refractivity contribution < 1.29 is 14.0 Å². The first-order chi connectivity index (χ1) is 12.6. The number of carbonyl (C=O) groups excluding carboxylic acids is 2. The minimum atomic E-state index is -0.386. The molecule has 5 heteroatoms. The number of fused-ring (bicyclic) bond motifs is 1. The molecular weight excluding hydrogens is 331 g/mol. The molecule has 2 aliphatic heterocycles. The molecule has 26 heavy (non-hydrogen) atoms. The van der Waals surface area contributed by atoms with Crippen LogP contribution < -0.4 is 0 Å². The average Bonchev–Trinajstić information content (AvgIpc) is 3.30. The molecule has 2 aliphatic rings. The molecule has 0 N–H and O–H groups in total. The van der Waals surface area contributed by atoms with Crippen molar-refractivity contribution in [1.29, 1.82) is 0 Å². The number of halogens is 1. The molecule has 2 heterocycles. The number of carbonyl (C=O) groups is 2. The third-order valence-corrected chi connectivity index (χ3v) is 5.31. The third kappa shape index (κ3) is 3.09. The molecule has 134 valence electrons. The van der Waals surface area contributed by atoms with Gasteiger partial charge in [-0.3, -0.25) is 9.59 Å². The maximum Gasteiger partial charge on any atom is 0.255 e. The lowest BCUT2D eigenvalue weighted by Gasteiger charge is -2.29. The Morgan fingerprint density at radius 1 is 1.04 bits per heavy atom. The maximum absolute atomic E-state index is 13.4. The SMILES string of the molecule is O=C(CC(c1ccc(F)cc1)N1Cc2ccccc2C1=O)N1CCCC1. The van der Waals surface area contributed by atoms with Crippen molar-refractivity contribution in [2.45, 2.75) is 31.8 Å². The Morgan fingerprint density at radius 3 is 2.42 bits per heavy atom. The van der Waals surface area contributed by atoms with Gasteiger partial charge in [-0.05, 0) is 42.2 Å². The number of likely N-dealkylation sites (tertiary alicyclic amines) is 1. The number of nitrogens with zero attached hydrogens (tertiary/aromatic N) is 2. The van der Waals surface area contributed by atoms with Crippen LogP contribution >= 0.6 is 0 Å². The molecule has 4 nitrogen and oxygen atoms in total. The molecule has 1 saturated heterocycles. The molecule has 2 aromatic carbocycles. The van der Waals surface area contributed by atoms with Crippen LogP contribution in [0.2, 0.25) is 0 Å². The van der Waals surface area contributed by atoms with Crippen LogP contribution in [0, 0.1) is 5.82 Å². The second kappa shape index (κ2) is 6.90. The van der Waals surface area contributed by atoms with Crippen LogP contribution in [0.15, 0.2) is 48.5 Å². The minimum absolute atomic E-state index is 0.0561. The summed E-state index contributed by atoms with van der Waals surface area (Å²) in [6, 6.07) is 13.3. The monoisotopic (exact) mass is 352 g/mol. The minimum Gasteiger partial charge on any atom is -0.343 e. The number of hydrogen-bond acceptors (Lipinski definition) is 2. The van der Waals surface area contributed by atoms with E-state index >= 15 is 0 Å². The van der Waals surface area contributed by atoms with Gasteiger partial charge in [0.15, 0.2) is 0 Å². The van der Waals surface area contributed by atoms with E-state index in [4.69, 9.17) is 0 Å². The summed E-state index contributed by atoms with van der Waals surface area (Å²) in [5.74, 6) is -0.334. The summed E-state index contributed by atoms with van der Waals surface area (Å²) < 4.78 is 13.4. The van der Waals surface area contributed by atoms with E-state index < -0.39 is 0 Å². The zero-order valence-electron chi connectivity index (χ0n) is 14.5. The van der Waals surface area contributed by atoms with Crippen molar-refractivity contribution in [3.05, 3.63) is 71.0 Å². The van der Waals surface area contributed by atoms with Crippen LogP contribution in [0.25, 0.3) is 0 Å². The fourth-order valence-corrected chi connectivity index (χ4v) is 3.88. The first kappa shape index (κ1) is 16.8. The molecule has 0 spiro atoms. The van der Waals surface area contributed by atoms with Gasteiger partial charge in [0.2, 0.25) is 5.91 Å². The second-order valence-electron chi connectivity index (χ2n) is 6.95. The summed E-state index contributed by atoms with van der Waals surface area (Å²) >= 11 is 0. The summed E-state index contributed by atoms with van der Waals surface area (Å²) in [7, 11) is 0. The topological polar surface area (TPSA) is 40.6 Å². The van der Waals surface area contributed by atoms with Gasteiger partial charge in [0.1, 0.15) is 5.82 Å².